The summed E-state index contributed by atoms with van der Waals surface area (Å²) in [6.45, 7) is 0.609. The molecule has 2 N–H and O–H groups in total. The fourth-order valence-electron chi connectivity index (χ4n) is 3.89. The van der Waals surface area contributed by atoms with Gasteiger partial charge in [0.15, 0.2) is 34.5 Å². The van der Waals surface area contributed by atoms with Gasteiger partial charge in [0.2, 0.25) is 20.4 Å². The smallest absolute Gasteiger partial charge is 0.268 e. The zero-order chi connectivity index (χ0) is 24.5. The van der Waals surface area contributed by atoms with Gasteiger partial charge in [0.25, 0.3) is 11.8 Å². The van der Waals surface area contributed by atoms with Gasteiger partial charge in [-0.1, -0.05) is 12.1 Å². The number of carbonyl (C=O) groups excluding carboxylic acids is 2. The van der Waals surface area contributed by atoms with Crippen LogP contribution in [0.5, 0.6) is 34.5 Å². The van der Waals surface area contributed by atoms with Gasteiger partial charge in [-0.15, -0.1) is 0 Å². The van der Waals surface area contributed by atoms with Crippen LogP contribution in [0.15, 0.2) is 60.3 Å². The molecule has 36 heavy (non-hydrogen) atoms. The van der Waals surface area contributed by atoms with Gasteiger partial charge in [-0.3, -0.25) is 9.59 Å². The fraction of sp³-hybridized carbons (Fsp3) is 0.154. The van der Waals surface area contributed by atoms with Crippen LogP contribution in [0.4, 0.5) is 0 Å². The number of fused-ring (bicyclic) bond motifs is 3. The number of hydrogen-bond acceptors (Lipinski definition) is 8. The molecule has 3 aliphatic rings. The lowest BCUT2D eigenvalue weighted by molar-refractivity contribution is -0.117. The van der Waals surface area contributed by atoms with Crippen LogP contribution in [-0.2, 0) is 11.3 Å². The molecule has 0 saturated carbocycles. The number of carbonyl (C=O) groups is 2. The van der Waals surface area contributed by atoms with Crippen LogP contribution in [0.1, 0.15) is 21.5 Å². The van der Waals surface area contributed by atoms with E-state index in [4.69, 9.17) is 28.4 Å². The van der Waals surface area contributed by atoms with Crippen LogP contribution in [0, 0.1) is 0 Å². The Bertz CT molecular complexity index is 1400. The van der Waals surface area contributed by atoms with Crippen molar-refractivity contribution in [1.29, 1.82) is 0 Å². The van der Waals surface area contributed by atoms with Gasteiger partial charge >= 0.3 is 0 Å². The first-order chi connectivity index (χ1) is 17.6. The third kappa shape index (κ3) is 4.31. The second-order valence-electron chi connectivity index (χ2n) is 8.06. The van der Waals surface area contributed by atoms with Crippen LogP contribution >= 0.6 is 0 Å². The number of nitrogens with one attached hydrogen (secondary N) is 2. The Morgan fingerprint density at radius 3 is 2.00 bits per heavy atom. The number of ether oxygens (including phenoxy) is 6. The summed E-state index contributed by atoms with van der Waals surface area (Å²) in [7, 11) is 0. The topological polar surface area (TPSA) is 114 Å². The third-order valence-electron chi connectivity index (χ3n) is 5.73. The van der Waals surface area contributed by atoms with Crippen molar-refractivity contribution >= 4 is 17.9 Å². The lowest BCUT2D eigenvalue weighted by atomic mass is 10.1. The normalized spacial score (nSPS) is 14.5. The predicted octanol–water partition coefficient (Wildman–Crippen LogP) is 2.96. The number of hydrogen-bond donors (Lipinski definition) is 2. The maximum atomic E-state index is 13.2. The van der Waals surface area contributed by atoms with E-state index >= 15 is 0 Å². The Hall–Kier alpha value is -4.86. The molecule has 0 radical (unpaired) electrons. The summed E-state index contributed by atoms with van der Waals surface area (Å²) in [4.78, 5) is 26.2. The van der Waals surface area contributed by atoms with Gasteiger partial charge in [-0.25, -0.2) is 0 Å². The predicted molar refractivity (Wildman–Crippen MR) is 125 cm³/mol. The molecule has 10 heteroatoms. The Morgan fingerprint density at radius 1 is 0.694 bits per heavy atom. The molecule has 0 saturated heterocycles. The number of rotatable bonds is 6. The van der Waals surface area contributed by atoms with Crippen LogP contribution in [0.2, 0.25) is 0 Å². The zero-order valence-electron chi connectivity index (χ0n) is 18.9. The monoisotopic (exact) mass is 488 g/mol. The lowest BCUT2D eigenvalue weighted by Gasteiger charge is -2.12. The van der Waals surface area contributed by atoms with E-state index in [1.807, 2.05) is 6.07 Å². The van der Waals surface area contributed by atoms with Crippen molar-refractivity contribution in [3.63, 3.8) is 0 Å². The largest absolute Gasteiger partial charge is 0.454 e. The quantitative estimate of drug-likeness (QED) is 0.510. The van der Waals surface area contributed by atoms with Gasteiger partial charge in [0.1, 0.15) is 5.70 Å². The summed E-state index contributed by atoms with van der Waals surface area (Å²) >= 11 is 0. The minimum absolute atomic E-state index is 0.0530. The maximum absolute atomic E-state index is 13.2. The van der Waals surface area contributed by atoms with Crippen LogP contribution in [0.3, 0.4) is 0 Å². The van der Waals surface area contributed by atoms with Crippen molar-refractivity contribution in [3.8, 4) is 34.5 Å². The Balaban J connectivity index is 1.23. The van der Waals surface area contributed by atoms with Crippen molar-refractivity contribution in [3.05, 3.63) is 77.0 Å². The van der Waals surface area contributed by atoms with Gasteiger partial charge < -0.3 is 39.1 Å². The van der Waals surface area contributed by atoms with Crippen molar-refractivity contribution in [1.82, 2.24) is 10.6 Å². The highest BCUT2D eigenvalue weighted by atomic mass is 16.7. The fourth-order valence-corrected chi connectivity index (χ4v) is 3.89. The van der Waals surface area contributed by atoms with E-state index in [0.717, 1.165) is 5.56 Å². The van der Waals surface area contributed by atoms with E-state index in [9.17, 15) is 9.59 Å². The van der Waals surface area contributed by atoms with Crippen molar-refractivity contribution in [2.45, 2.75) is 6.54 Å². The molecule has 10 nitrogen and oxygen atoms in total. The number of benzene rings is 3. The molecule has 0 unspecified atom stereocenters. The molecule has 6 rings (SSSR count). The molecule has 3 aromatic carbocycles. The molecule has 3 heterocycles. The molecule has 182 valence electrons. The van der Waals surface area contributed by atoms with Crippen molar-refractivity contribution in [2.75, 3.05) is 20.4 Å². The average Bonchev–Trinajstić information content (AvgIpc) is 3.66. The SMILES string of the molecule is O=C(NCc1ccc2c(c1)OCO2)C(=Cc1ccc2c(c1)OCO2)NC(=O)c1ccc2c(c1)OCO2. The molecule has 0 atom stereocenters. The summed E-state index contributed by atoms with van der Waals surface area (Å²) < 4.78 is 32.2. The maximum Gasteiger partial charge on any atom is 0.268 e. The Morgan fingerprint density at radius 2 is 1.28 bits per heavy atom. The van der Waals surface area contributed by atoms with Crippen LogP contribution in [-0.4, -0.2) is 32.2 Å². The lowest BCUT2D eigenvalue weighted by Crippen LogP contribution is -2.34. The standard InChI is InChI=1S/C26H20N2O8/c29-25(17-3-6-21-24(10-17)36-14-33-21)28-18(7-15-1-4-19-22(8-15)34-12-31-19)26(30)27-11-16-2-5-20-23(9-16)35-13-32-20/h1-10H,11-14H2,(H,27,30)(H,28,29). The average molecular weight is 488 g/mol. The molecule has 3 aliphatic heterocycles. The van der Waals surface area contributed by atoms with E-state index in [-0.39, 0.29) is 32.6 Å². The summed E-state index contributed by atoms with van der Waals surface area (Å²) in [5, 5.41) is 5.56. The van der Waals surface area contributed by atoms with E-state index in [0.29, 0.717) is 45.6 Å². The molecule has 0 spiro atoms. The summed E-state index contributed by atoms with van der Waals surface area (Å²) in [5.74, 6) is 2.54. The van der Waals surface area contributed by atoms with Crippen molar-refractivity contribution < 1.29 is 38.0 Å². The van der Waals surface area contributed by atoms with Gasteiger partial charge in [0, 0.05) is 12.1 Å². The third-order valence-corrected chi connectivity index (χ3v) is 5.73. The highest BCUT2D eigenvalue weighted by molar-refractivity contribution is 6.05. The highest BCUT2D eigenvalue weighted by Crippen LogP contribution is 2.34. The molecule has 3 aromatic rings. The second-order valence-corrected chi connectivity index (χ2v) is 8.06. The Kier molecular flexibility index (Phi) is 5.45. The van der Waals surface area contributed by atoms with E-state index in [2.05, 4.69) is 10.6 Å². The van der Waals surface area contributed by atoms with Crippen LogP contribution in [0.25, 0.3) is 6.08 Å². The first-order valence-corrected chi connectivity index (χ1v) is 11.1. The van der Waals surface area contributed by atoms with Gasteiger partial charge in [-0.05, 0) is 59.7 Å². The minimum Gasteiger partial charge on any atom is -0.454 e. The Labute approximate surface area is 205 Å². The molecule has 0 aliphatic carbocycles. The molecule has 0 aromatic heterocycles. The summed E-state index contributed by atoms with van der Waals surface area (Å²) in [5.41, 5.74) is 1.84. The zero-order valence-corrected chi connectivity index (χ0v) is 18.9. The first-order valence-electron chi connectivity index (χ1n) is 11.1. The molecular formula is C26H20N2O8. The van der Waals surface area contributed by atoms with Crippen LogP contribution < -0.4 is 39.1 Å². The molecular weight excluding hydrogens is 468 g/mol. The molecule has 0 fully saturated rings. The number of amides is 2. The van der Waals surface area contributed by atoms with E-state index in [1.165, 1.54) is 0 Å². The van der Waals surface area contributed by atoms with Gasteiger partial charge in [-0.2, -0.15) is 0 Å². The van der Waals surface area contributed by atoms with Crippen molar-refractivity contribution in [2.24, 2.45) is 0 Å². The second kappa shape index (κ2) is 9.06. The first kappa shape index (κ1) is 21.7. The van der Waals surface area contributed by atoms with E-state index in [1.54, 1.807) is 54.6 Å². The summed E-state index contributed by atoms with van der Waals surface area (Å²) in [6.07, 6.45) is 1.57. The summed E-state index contributed by atoms with van der Waals surface area (Å²) in [6, 6.07) is 15.5. The molecule has 2 amide bonds. The van der Waals surface area contributed by atoms with E-state index < -0.39 is 11.8 Å². The molecule has 0 bridgehead atoms. The minimum atomic E-state index is -0.474. The van der Waals surface area contributed by atoms with Gasteiger partial charge in [0.05, 0.1) is 0 Å². The highest BCUT2D eigenvalue weighted by Gasteiger charge is 2.20.